The van der Waals surface area contributed by atoms with Crippen molar-refractivity contribution in [1.82, 2.24) is 4.90 Å². The summed E-state index contributed by atoms with van der Waals surface area (Å²) in [7, 11) is 3.69. The van der Waals surface area contributed by atoms with Crippen LogP contribution in [0.15, 0.2) is 12.1 Å². The van der Waals surface area contributed by atoms with Crippen molar-refractivity contribution in [3.8, 4) is 11.5 Å². The van der Waals surface area contributed by atoms with E-state index in [1.165, 1.54) is 0 Å². The number of fused-ring (bicyclic) bond motifs is 1. The molecule has 0 amide bonds. The van der Waals surface area contributed by atoms with Crippen molar-refractivity contribution in [1.29, 1.82) is 0 Å². The van der Waals surface area contributed by atoms with Crippen molar-refractivity contribution in [2.24, 2.45) is 5.92 Å². The third-order valence-corrected chi connectivity index (χ3v) is 7.09. The van der Waals surface area contributed by atoms with Gasteiger partial charge in [0.1, 0.15) is 0 Å². The lowest BCUT2D eigenvalue weighted by atomic mass is 9.51. The molecule has 4 atom stereocenters. The van der Waals surface area contributed by atoms with Gasteiger partial charge < -0.3 is 19.8 Å². The Morgan fingerprint density at radius 2 is 2.00 bits per heavy atom. The first-order valence-electron chi connectivity index (χ1n) is 9.62. The van der Waals surface area contributed by atoms with Crippen LogP contribution in [0.25, 0.3) is 0 Å². The minimum absolute atomic E-state index is 0.0593. The zero-order valence-corrected chi connectivity index (χ0v) is 16.3. The molecule has 2 fully saturated rings. The molecule has 2 N–H and O–H groups in total. The van der Waals surface area contributed by atoms with Crippen molar-refractivity contribution in [3.05, 3.63) is 23.3 Å². The molecule has 140 valence electrons. The third-order valence-electron chi connectivity index (χ3n) is 7.09. The van der Waals surface area contributed by atoms with Crippen molar-refractivity contribution in [2.75, 3.05) is 20.7 Å². The Kier molecular flexibility index (Phi) is 4.80. The molecule has 4 nitrogen and oxygen atoms in total. The van der Waals surface area contributed by atoms with E-state index >= 15 is 0 Å². The first kappa shape index (κ1) is 18.5. The molecule has 1 aliphatic heterocycles. The minimum Gasteiger partial charge on any atom is -0.504 e. The van der Waals surface area contributed by atoms with E-state index in [0.29, 0.717) is 11.7 Å². The molecule has 4 unspecified atom stereocenters. The Bertz CT molecular complexity index is 646. The van der Waals surface area contributed by atoms with E-state index in [4.69, 9.17) is 4.74 Å². The van der Waals surface area contributed by atoms with Gasteiger partial charge in [-0.2, -0.15) is 0 Å². The van der Waals surface area contributed by atoms with E-state index in [1.54, 1.807) is 7.11 Å². The number of phenols is 1. The van der Waals surface area contributed by atoms with Crippen molar-refractivity contribution in [2.45, 2.75) is 69.9 Å². The van der Waals surface area contributed by atoms with Gasteiger partial charge in [0, 0.05) is 17.0 Å². The highest BCUT2D eigenvalue weighted by atomic mass is 16.5. The lowest BCUT2D eigenvalue weighted by Gasteiger charge is -2.61. The van der Waals surface area contributed by atoms with Gasteiger partial charge in [0.15, 0.2) is 11.5 Å². The van der Waals surface area contributed by atoms with E-state index in [-0.39, 0.29) is 11.8 Å². The Balaban J connectivity index is 2.27. The highest BCUT2D eigenvalue weighted by Crippen LogP contribution is 2.58. The summed E-state index contributed by atoms with van der Waals surface area (Å²) in [5, 5.41) is 23.1. The highest BCUT2D eigenvalue weighted by Gasteiger charge is 2.61. The molecule has 1 aromatic carbocycles. The van der Waals surface area contributed by atoms with Crippen molar-refractivity contribution < 1.29 is 14.9 Å². The van der Waals surface area contributed by atoms with Crippen LogP contribution in [0.2, 0.25) is 0 Å². The molecule has 0 bridgehead atoms. The Hall–Kier alpha value is -1.26. The van der Waals surface area contributed by atoms with Gasteiger partial charge in [-0.25, -0.2) is 0 Å². The fourth-order valence-corrected chi connectivity index (χ4v) is 5.48. The maximum atomic E-state index is 12.0. The molecular formula is C21H33NO3. The summed E-state index contributed by atoms with van der Waals surface area (Å²) in [6.45, 7) is 7.45. The first-order chi connectivity index (χ1) is 11.8. The number of hydrogen-bond donors (Lipinski definition) is 2. The van der Waals surface area contributed by atoms with Gasteiger partial charge in [-0.15, -0.1) is 0 Å². The third kappa shape index (κ3) is 2.57. The van der Waals surface area contributed by atoms with Gasteiger partial charge in [-0.1, -0.05) is 19.9 Å². The summed E-state index contributed by atoms with van der Waals surface area (Å²) in [5.41, 5.74) is 0.812. The quantitative estimate of drug-likeness (QED) is 0.879. The number of aromatic hydroxyl groups is 1. The molecule has 0 spiro atoms. The number of hydrogen-bond acceptors (Lipinski definition) is 4. The lowest BCUT2D eigenvalue weighted by molar-refractivity contribution is -0.157. The van der Waals surface area contributed by atoms with Gasteiger partial charge in [-0.05, 0) is 70.2 Å². The largest absolute Gasteiger partial charge is 0.504 e. The molecule has 0 aromatic heterocycles. The normalized spacial score (nSPS) is 36.1. The number of rotatable bonds is 3. The lowest BCUT2D eigenvalue weighted by Crippen LogP contribution is -2.69. The topological polar surface area (TPSA) is 52.9 Å². The van der Waals surface area contributed by atoms with Crippen LogP contribution in [0.4, 0.5) is 0 Å². The molecule has 2 aliphatic rings. The molecular weight excluding hydrogens is 314 g/mol. The summed E-state index contributed by atoms with van der Waals surface area (Å²) in [5.74, 6) is 1.27. The number of likely N-dealkylation sites (tertiary alicyclic amines) is 1. The van der Waals surface area contributed by atoms with Gasteiger partial charge in [0.05, 0.1) is 12.7 Å². The summed E-state index contributed by atoms with van der Waals surface area (Å²) < 4.78 is 5.42. The SMILES string of the molecule is CCc1ccc(OC)c(O)c1C12CCN(C)C(C)C1(O)CCC(C)C2. The van der Waals surface area contributed by atoms with Crippen LogP contribution in [0, 0.1) is 5.92 Å². The summed E-state index contributed by atoms with van der Waals surface area (Å²) in [6, 6.07) is 3.97. The van der Waals surface area contributed by atoms with Crippen LogP contribution in [-0.4, -0.2) is 47.5 Å². The number of benzene rings is 1. The molecule has 4 heteroatoms. The molecule has 25 heavy (non-hydrogen) atoms. The number of aryl methyl sites for hydroxylation is 1. The second kappa shape index (κ2) is 6.48. The number of ether oxygens (including phenoxy) is 1. The van der Waals surface area contributed by atoms with Gasteiger partial charge in [-0.3, -0.25) is 0 Å². The van der Waals surface area contributed by atoms with Crippen molar-refractivity contribution in [3.63, 3.8) is 0 Å². The van der Waals surface area contributed by atoms with Crippen molar-refractivity contribution >= 4 is 0 Å². The van der Waals surface area contributed by atoms with Crippen LogP contribution in [-0.2, 0) is 11.8 Å². The van der Waals surface area contributed by atoms with Crippen LogP contribution >= 0.6 is 0 Å². The predicted octanol–water partition coefficient (Wildman–Crippen LogP) is 3.48. The standard InChI is InChI=1S/C21H33NO3/c1-6-16-7-8-17(25-5)19(23)18(16)20-11-12-22(4)15(3)21(20,24)10-9-14(2)13-20/h7-8,14-15,23-24H,6,9-13H2,1-5H3. The number of methoxy groups -OCH3 is 1. The van der Waals surface area contributed by atoms with Crippen LogP contribution in [0.1, 0.15) is 57.6 Å². The Morgan fingerprint density at radius 1 is 1.28 bits per heavy atom. The maximum Gasteiger partial charge on any atom is 0.161 e. The zero-order chi connectivity index (χ0) is 18.4. The van der Waals surface area contributed by atoms with Gasteiger partial charge in [0.25, 0.3) is 0 Å². The molecule has 1 heterocycles. The van der Waals surface area contributed by atoms with E-state index < -0.39 is 11.0 Å². The van der Waals surface area contributed by atoms with E-state index in [1.807, 2.05) is 6.07 Å². The van der Waals surface area contributed by atoms with Gasteiger partial charge >= 0.3 is 0 Å². The number of piperidine rings is 1. The molecule has 0 radical (unpaired) electrons. The zero-order valence-electron chi connectivity index (χ0n) is 16.3. The predicted molar refractivity (Wildman–Crippen MR) is 100 cm³/mol. The maximum absolute atomic E-state index is 12.0. The molecule has 1 aromatic rings. The highest BCUT2D eigenvalue weighted by molar-refractivity contribution is 5.55. The van der Waals surface area contributed by atoms with Crippen LogP contribution in [0.5, 0.6) is 11.5 Å². The molecule has 3 rings (SSSR count). The average Bonchev–Trinajstić information content (AvgIpc) is 2.60. The van der Waals surface area contributed by atoms with E-state index in [0.717, 1.165) is 49.8 Å². The Labute approximate surface area is 151 Å². The number of phenolic OH excluding ortho intramolecular Hbond substituents is 1. The summed E-state index contributed by atoms with van der Waals surface area (Å²) >= 11 is 0. The van der Waals surface area contributed by atoms with E-state index in [9.17, 15) is 10.2 Å². The first-order valence-corrected chi connectivity index (χ1v) is 9.62. The number of nitrogens with zero attached hydrogens (tertiary/aromatic N) is 1. The smallest absolute Gasteiger partial charge is 0.161 e. The van der Waals surface area contributed by atoms with E-state index in [2.05, 4.69) is 38.8 Å². The molecule has 1 saturated heterocycles. The molecule has 1 saturated carbocycles. The fraction of sp³-hybridized carbons (Fsp3) is 0.714. The summed E-state index contributed by atoms with van der Waals surface area (Å²) in [6.07, 6.45) is 4.42. The molecule has 1 aliphatic carbocycles. The van der Waals surface area contributed by atoms with Crippen LogP contribution in [0.3, 0.4) is 0 Å². The average molecular weight is 347 g/mol. The summed E-state index contributed by atoms with van der Waals surface area (Å²) in [4.78, 5) is 2.26. The minimum atomic E-state index is -0.833. The van der Waals surface area contributed by atoms with Gasteiger partial charge in [0.2, 0.25) is 0 Å². The monoisotopic (exact) mass is 347 g/mol. The number of aliphatic hydroxyl groups is 1. The number of likely N-dealkylation sites (N-methyl/N-ethyl adjacent to an activating group) is 1. The Morgan fingerprint density at radius 3 is 2.64 bits per heavy atom. The van der Waals surface area contributed by atoms with Crippen LogP contribution < -0.4 is 4.74 Å². The second-order valence-electron chi connectivity index (χ2n) is 8.27. The fourth-order valence-electron chi connectivity index (χ4n) is 5.48. The second-order valence-corrected chi connectivity index (χ2v) is 8.27.